The minimum Gasteiger partial charge on any atom is -0.493 e. The standard InChI is InChI=1S/C28H34N2O3.CO2/c1-27(2)12-15-32-25-23(21-8-9-21)16-20(17-24(25)27)18-29-13-10-28(11-14-29)19-30(26(31)33-28)22-6-4-3-5-7-22;2-1-3/h3-7,16-17,21H,8-15,18-19H2,1-2H3;. The fourth-order valence-electron chi connectivity index (χ4n) is 5.78. The summed E-state index contributed by atoms with van der Waals surface area (Å²) in [5.41, 5.74) is 4.97. The number of fused-ring (bicyclic) bond motifs is 1. The summed E-state index contributed by atoms with van der Waals surface area (Å²) in [6, 6.07) is 14.7. The molecule has 0 unspecified atom stereocenters. The van der Waals surface area contributed by atoms with Crippen molar-refractivity contribution in [3.63, 3.8) is 0 Å². The second-order valence-corrected chi connectivity index (χ2v) is 11.2. The van der Waals surface area contributed by atoms with Gasteiger partial charge < -0.3 is 9.47 Å². The van der Waals surface area contributed by atoms with E-state index in [9.17, 15) is 4.79 Å². The van der Waals surface area contributed by atoms with E-state index in [1.165, 1.54) is 35.3 Å². The van der Waals surface area contributed by atoms with Gasteiger partial charge in [-0.25, -0.2) is 4.79 Å². The number of piperidine rings is 1. The molecule has 7 heteroatoms. The van der Waals surface area contributed by atoms with Gasteiger partial charge in [0.1, 0.15) is 11.4 Å². The number of anilines is 1. The Hall–Kier alpha value is -3.15. The average Bonchev–Trinajstić information content (AvgIpc) is 3.66. The maximum absolute atomic E-state index is 12.6. The lowest BCUT2D eigenvalue weighted by atomic mass is 9.77. The molecule has 0 N–H and O–H groups in total. The van der Waals surface area contributed by atoms with Crippen LogP contribution in [0, 0.1) is 0 Å². The molecule has 3 aliphatic heterocycles. The minimum atomic E-state index is -0.353. The molecule has 0 aromatic heterocycles. The third-order valence-corrected chi connectivity index (χ3v) is 8.11. The Bertz CT molecular complexity index is 1140. The van der Waals surface area contributed by atoms with Gasteiger partial charge >= 0.3 is 12.2 Å². The number of ether oxygens (including phenoxy) is 2. The molecule has 0 radical (unpaired) electrons. The molecule has 2 saturated heterocycles. The molecule has 3 heterocycles. The fraction of sp³-hybridized carbons (Fsp3) is 0.517. The number of carbonyl (C=O) groups is 1. The molecule has 2 aromatic rings. The Balaban J connectivity index is 0.000000848. The molecular weight excluding hydrogens is 456 g/mol. The summed E-state index contributed by atoms with van der Waals surface area (Å²) in [6.45, 7) is 9.04. The Morgan fingerprint density at radius 2 is 1.72 bits per heavy atom. The van der Waals surface area contributed by atoms with Gasteiger partial charge in [0.2, 0.25) is 0 Å². The number of benzene rings is 2. The van der Waals surface area contributed by atoms with E-state index in [1.807, 2.05) is 30.3 Å². The summed E-state index contributed by atoms with van der Waals surface area (Å²) in [4.78, 5) is 33.2. The van der Waals surface area contributed by atoms with Crippen molar-refractivity contribution in [3.05, 3.63) is 59.2 Å². The van der Waals surface area contributed by atoms with Crippen LogP contribution in [0.2, 0.25) is 0 Å². The normalized spacial score (nSPS) is 22.1. The van der Waals surface area contributed by atoms with Crippen molar-refractivity contribution < 1.29 is 23.9 Å². The van der Waals surface area contributed by atoms with Crippen LogP contribution < -0.4 is 9.64 Å². The van der Waals surface area contributed by atoms with E-state index in [1.54, 1.807) is 4.90 Å². The lowest BCUT2D eigenvalue weighted by molar-refractivity contribution is -0.191. The zero-order valence-electron chi connectivity index (χ0n) is 21.1. The molecule has 36 heavy (non-hydrogen) atoms. The molecule has 0 atom stereocenters. The highest BCUT2D eigenvalue weighted by Gasteiger charge is 2.47. The third kappa shape index (κ3) is 4.91. The number of amides is 1. The second kappa shape index (κ2) is 9.72. The molecule has 1 amide bonds. The summed E-state index contributed by atoms with van der Waals surface area (Å²) in [5, 5.41) is 0. The highest BCUT2D eigenvalue weighted by molar-refractivity contribution is 5.90. The van der Waals surface area contributed by atoms with Crippen LogP contribution in [-0.4, -0.2) is 49.0 Å². The van der Waals surface area contributed by atoms with Gasteiger partial charge in [0.15, 0.2) is 0 Å². The first-order valence-electron chi connectivity index (χ1n) is 12.9. The van der Waals surface area contributed by atoms with Crippen LogP contribution >= 0.6 is 0 Å². The van der Waals surface area contributed by atoms with Crippen LogP contribution in [0.25, 0.3) is 0 Å². The Morgan fingerprint density at radius 3 is 2.39 bits per heavy atom. The lowest BCUT2D eigenvalue weighted by Gasteiger charge is -2.38. The van der Waals surface area contributed by atoms with Crippen molar-refractivity contribution >= 4 is 17.9 Å². The Morgan fingerprint density at radius 1 is 1.03 bits per heavy atom. The summed E-state index contributed by atoms with van der Waals surface area (Å²) in [7, 11) is 0. The molecule has 2 aromatic carbocycles. The van der Waals surface area contributed by atoms with Gasteiger partial charge in [-0.1, -0.05) is 44.2 Å². The van der Waals surface area contributed by atoms with E-state index in [4.69, 9.17) is 19.1 Å². The van der Waals surface area contributed by atoms with Gasteiger partial charge in [0, 0.05) is 43.7 Å². The largest absolute Gasteiger partial charge is 0.493 e. The first-order chi connectivity index (χ1) is 17.3. The number of para-hydroxylation sites is 1. The lowest BCUT2D eigenvalue weighted by Crippen LogP contribution is -2.46. The monoisotopic (exact) mass is 490 g/mol. The van der Waals surface area contributed by atoms with E-state index < -0.39 is 0 Å². The topological polar surface area (TPSA) is 76.2 Å². The van der Waals surface area contributed by atoms with Gasteiger partial charge in [-0.3, -0.25) is 9.80 Å². The van der Waals surface area contributed by atoms with E-state index in [0.717, 1.165) is 51.2 Å². The van der Waals surface area contributed by atoms with Gasteiger partial charge in [-0.15, -0.1) is 0 Å². The molecule has 190 valence electrons. The first-order valence-corrected chi connectivity index (χ1v) is 12.9. The summed E-state index contributed by atoms with van der Waals surface area (Å²) < 4.78 is 12.1. The molecule has 6 rings (SSSR count). The summed E-state index contributed by atoms with van der Waals surface area (Å²) in [5.74, 6) is 1.85. The van der Waals surface area contributed by atoms with Crippen molar-refractivity contribution in [2.45, 2.75) is 69.4 Å². The molecule has 1 saturated carbocycles. The molecule has 1 spiro atoms. The number of rotatable bonds is 4. The van der Waals surface area contributed by atoms with E-state index in [2.05, 4.69) is 30.9 Å². The molecule has 7 nitrogen and oxygen atoms in total. The van der Waals surface area contributed by atoms with Crippen molar-refractivity contribution in [3.8, 4) is 5.75 Å². The average molecular weight is 491 g/mol. The molecular formula is C29H34N2O5. The van der Waals surface area contributed by atoms with Crippen LogP contribution in [0.3, 0.4) is 0 Å². The van der Waals surface area contributed by atoms with E-state index in [0.29, 0.717) is 12.5 Å². The minimum absolute atomic E-state index is 0.165. The molecule has 3 fully saturated rings. The number of likely N-dealkylation sites (tertiary alicyclic amines) is 1. The van der Waals surface area contributed by atoms with E-state index >= 15 is 0 Å². The molecule has 1 aliphatic carbocycles. The maximum atomic E-state index is 12.6. The Kier molecular flexibility index (Phi) is 6.62. The fourth-order valence-corrected chi connectivity index (χ4v) is 5.78. The zero-order valence-corrected chi connectivity index (χ0v) is 21.1. The van der Waals surface area contributed by atoms with Crippen molar-refractivity contribution in [1.29, 1.82) is 0 Å². The van der Waals surface area contributed by atoms with Gasteiger partial charge in [-0.2, -0.15) is 9.59 Å². The highest BCUT2D eigenvalue weighted by Crippen LogP contribution is 2.50. The third-order valence-electron chi connectivity index (χ3n) is 8.11. The number of hydrogen-bond donors (Lipinski definition) is 0. The first kappa shape index (κ1) is 24.5. The highest BCUT2D eigenvalue weighted by atomic mass is 16.6. The molecule has 0 bridgehead atoms. The van der Waals surface area contributed by atoms with Crippen LogP contribution in [0.1, 0.15) is 68.6 Å². The van der Waals surface area contributed by atoms with Crippen LogP contribution in [0.5, 0.6) is 5.75 Å². The summed E-state index contributed by atoms with van der Waals surface area (Å²) in [6.07, 6.45) is 5.46. The van der Waals surface area contributed by atoms with Gasteiger partial charge in [0.05, 0.1) is 13.2 Å². The SMILES string of the molecule is CC1(C)CCOc2c(C3CC3)cc(CN3CCC4(CC3)CN(c3ccccc3)C(=O)O4)cc21.O=C=O. The quantitative estimate of drug-likeness (QED) is 0.598. The van der Waals surface area contributed by atoms with Crippen molar-refractivity contribution in [2.75, 3.05) is 31.1 Å². The maximum Gasteiger partial charge on any atom is 0.415 e. The van der Waals surface area contributed by atoms with Crippen LogP contribution in [-0.2, 0) is 26.3 Å². The Labute approximate surface area is 212 Å². The van der Waals surface area contributed by atoms with Crippen LogP contribution in [0.15, 0.2) is 42.5 Å². The number of nitrogens with zero attached hydrogens (tertiary/aromatic N) is 2. The van der Waals surface area contributed by atoms with Gasteiger partial charge in [-0.05, 0) is 53.9 Å². The smallest absolute Gasteiger partial charge is 0.415 e. The van der Waals surface area contributed by atoms with E-state index in [-0.39, 0.29) is 23.3 Å². The predicted octanol–water partition coefficient (Wildman–Crippen LogP) is 5.03. The molecule has 4 aliphatic rings. The zero-order chi connectivity index (χ0) is 25.3. The van der Waals surface area contributed by atoms with Crippen molar-refractivity contribution in [1.82, 2.24) is 4.90 Å². The van der Waals surface area contributed by atoms with Gasteiger partial charge in [0.25, 0.3) is 0 Å². The van der Waals surface area contributed by atoms with Crippen molar-refractivity contribution in [2.24, 2.45) is 0 Å². The summed E-state index contributed by atoms with van der Waals surface area (Å²) >= 11 is 0. The van der Waals surface area contributed by atoms with Crippen LogP contribution in [0.4, 0.5) is 10.5 Å². The predicted molar refractivity (Wildman–Crippen MR) is 134 cm³/mol. The number of hydrogen-bond acceptors (Lipinski definition) is 6. The number of carbonyl (C=O) groups excluding carboxylic acids is 3. The second-order valence-electron chi connectivity index (χ2n) is 11.2.